The smallest absolute Gasteiger partial charge is 0.268 e. The van der Waals surface area contributed by atoms with Crippen LogP contribution in [0.4, 0.5) is 0 Å². The van der Waals surface area contributed by atoms with Gasteiger partial charge in [-0.15, -0.1) is 0 Å². The van der Waals surface area contributed by atoms with Gasteiger partial charge >= 0.3 is 0 Å². The number of hydrogen-bond acceptors (Lipinski definition) is 3. The molecule has 5 heteroatoms. The van der Waals surface area contributed by atoms with E-state index in [0.717, 1.165) is 16.5 Å². The van der Waals surface area contributed by atoms with Gasteiger partial charge in [-0.2, -0.15) is 0 Å². The summed E-state index contributed by atoms with van der Waals surface area (Å²) in [5.41, 5.74) is 3.18. The molecule has 0 radical (unpaired) electrons. The molecular weight excluding hydrogens is 394 g/mol. The number of ether oxygens (including phenoxy) is 1. The maximum Gasteiger partial charge on any atom is 0.268 e. The topological polar surface area (TPSA) is 48.3 Å². The highest BCUT2D eigenvalue weighted by molar-refractivity contribution is 7.90. The van der Waals surface area contributed by atoms with Crippen molar-refractivity contribution in [2.75, 3.05) is 7.11 Å². The van der Waals surface area contributed by atoms with E-state index in [0.29, 0.717) is 11.1 Å². The molecule has 150 valence electrons. The van der Waals surface area contributed by atoms with E-state index in [9.17, 15) is 8.42 Å². The SMILES string of the molecule is COC(C#Cc1ccccc1)c1cn(S(=O)(=O)c2ccc(C)cc2)c2ccccc12. The zero-order valence-corrected chi connectivity index (χ0v) is 17.6. The molecule has 0 saturated carbocycles. The molecule has 0 spiro atoms. The van der Waals surface area contributed by atoms with Gasteiger partial charge in [-0.05, 0) is 37.3 Å². The van der Waals surface area contributed by atoms with E-state index in [4.69, 9.17) is 4.74 Å². The lowest BCUT2D eigenvalue weighted by Crippen LogP contribution is -2.12. The van der Waals surface area contributed by atoms with Crippen molar-refractivity contribution in [3.63, 3.8) is 0 Å². The molecule has 1 heterocycles. The quantitative estimate of drug-likeness (QED) is 0.444. The van der Waals surface area contributed by atoms with Gasteiger partial charge in [0, 0.05) is 29.8 Å². The third-order valence-electron chi connectivity index (χ3n) is 4.93. The number of rotatable bonds is 4. The zero-order chi connectivity index (χ0) is 21.1. The molecule has 4 nitrogen and oxygen atoms in total. The fourth-order valence-electron chi connectivity index (χ4n) is 3.34. The number of methoxy groups -OCH3 is 1. The fourth-order valence-corrected chi connectivity index (χ4v) is 4.72. The first kappa shape index (κ1) is 20.0. The molecule has 30 heavy (non-hydrogen) atoms. The van der Waals surface area contributed by atoms with Gasteiger partial charge < -0.3 is 4.74 Å². The van der Waals surface area contributed by atoms with Crippen LogP contribution < -0.4 is 0 Å². The van der Waals surface area contributed by atoms with Crippen LogP contribution in [0.5, 0.6) is 0 Å². The monoisotopic (exact) mass is 415 g/mol. The number of para-hydroxylation sites is 1. The van der Waals surface area contributed by atoms with Gasteiger partial charge in [0.2, 0.25) is 0 Å². The molecule has 0 saturated heterocycles. The van der Waals surface area contributed by atoms with E-state index < -0.39 is 16.1 Å². The molecule has 1 aromatic heterocycles. The third kappa shape index (κ3) is 3.76. The minimum Gasteiger partial charge on any atom is -0.364 e. The lowest BCUT2D eigenvalue weighted by atomic mass is 10.1. The highest BCUT2D eigenvalue weighted by atomic mass is 32.2. The van der Waals surface area contributed by atoms with Gasteiger partial charge in [-0.3, -0.25) is 0 Å². The molecule has 0 N–H and O–H groups in total. The van der Waals surface area contributed by atoms with E-state index in [2.05, 4.69) is 11.8 Å². The van der Waals surface area contributed by atoms with Crippen LogP contribution in [0.3, 0.4) is 0 Å². The summed E-state index contributed by atoms with van der Waals surface area (Å²) in [6.45, 7) is 1.92. The number of hydrogen-bond donors (Lipinski definition) is 0. The third-order valence-corrected chi connectivity index (χ3v) is 6.61. The molecule has 3 aromatic carbocycles. The Morgan fingerprint density at radius 1 is 0.900 bits per heavy atom. The van der Waals surface area contributed by atoms with Gasteiger partial charge in [-0.1, -0.05) is 65.9 Å². The Labute approximate surface area is 176 Å². The van der Waals surface area contributed by atoms with Crippen molar-refractivity contribution in [1.82, 2.24) is 3.97 Å². The molecule has 0 amide bonds. The van der Waals surface area contributed by atoms with Crippen LogP contribution in [0.25, 0.3) is 10.9 Å². The van der Waals surface area contributed by atoms with Crippen LogP contribution in [0, 0.1) is 18.8 Å². The van der Waals surface area contributed by atoms with E-state index >= 15 is 0 Å². The second-order valence-corrected chi connectivity index (χ2v) is 8.78. The summed E-state index contributed by atoms with van der Waals surface area (Å²) in [4.78, 5) is 0.240. The minimum atomic E-state index is -3.76. The molecule has 1 atom stereocenters. The lowest BCUT2D eigenvalue weighted by Gasteiger charge is -2.08. The minimum absolute atomic E-state index is 0.240. The average Bonchev–Trinajstić information content (AvgIpc) is 3.16. The second kappa shape index (κ2) is 8.19. The molecule has 4 aromatic rings. The predicted octanol–water partition coefficient (Wildman–Crippen LogP) is 4.93. The van der Waals surface area contributed by atoms with Crippen LogP contribution in [0.2, 0.25) is 0 Å². The summed E-state index contributed by atoms with van der Waals surface area (Å²) in [5.74, 6) is 6.24. The molecule has 0 fully saturated rings. The molecule has 0 aliphatic heterocycles. The fraction of sp³-hybridized carbons (Fsp3) is 0.120. The van der Waals surface area contributed by atoms with Crippen LogP contribution >= 0.6 is 0 Å². The Morgan fingerprint density at radius 3 is 2.27 bits per heavy atom. The summed E-state index contributed by atoms with van der Waals surface area (Å²) in [7, 11) is -2.18. The predicted molar refractivity (Wildman–Crippen MR) is 119 cm³/mol. The average molecular weight is 416 g/mol. The maximum absolute atomic E-state index is 13.3. The Kier molecular flexibility index (Phi) is 5.45. The van der Waals surface area contributed by atoms with E-state index in [1.54, 1.807) is 43.6 Å². The van der Waals surface area contributed by atoms with Gasteiger partial charge in [0.05, 0.1) is 10.4 Å². The van der Waals surface area contributed by atoms with E-state index in [1.165, 1.54) is 3.97 Å². The van der Waals surface area contributed by atoms with Gasteiger partial charge in [0.1, 0.15) is 6.10 Å². The summed E-state index contributed by atoms with van der Waals surface area (Å²) in [5, 5.41) is 0.794. The Morgan fingerprint density at radius 2 is 1.57 bits per heavy atom. The number of fused-ring (bicyclic) bond motifs is 1. The first-order chi connectivity index (χ1) is 14.5. The van der Waals surface area contributed by atoms with E-state index in [-0.39, 0.29) is 4.90 Å². The molecule has 0 aliphatic carbocycles. The van der Waals surface area contributed by atoms with Crippen molar-refractivity contribution >= 4 is 20.9 Å². The summed E-state index contributed by atoms with van der Waals surface area (Å²) < 4.78 is 33.6. The second-order valence-electron chi connectivity index (χ2n) is 6.97. The highest BCUT2D eigenvalue weighted by Gasteiger charge is 2.23. The van der Waals surface area contributed by atoms with Crippen LogP contribution in [-0.2, 0) is 14.8 Å². The maximum atomic E-state index is 13.3. The molecule has 4 rings (SSSR count). The van der Waals surface area contributed by atoms with Crippen molar-refractivity contribution in [1.29, 1.82) is 0 Å². The summed E-state index contributed by atoms with van der Waals surface area (Å²) >= 11 is 0. The molecule has 1 unspecified atom stereocenters. The Bertz CT molecular complexity index is 1340. The van der Waals surface area contributed by atoms with Gasteiger partial charge in [-0.25, -0.2) is 12.4 Å². The van der Waals surface area contributed by atoms with Crippen molar-refractivity contribution < 1.29 is 13.2 Å². The van der Waals surface area contributed by atoms with Crippen LogP contribution in [0.15, 0.2) is 90.0 Å². The number of aryl methyl sites for hydroxylation is 1. The van der Waals surface area contributed by atoms with Gasteiger partial charge in [0.15, 0.2) is 0 Å². The molecule has 0 aliphatic rings. The first-order valence-corrected chi connectivity index (χ1v) is 11.0. The highest BCUT2D eigenvalue weighted by Crippen LogP contribution is 2.31. The molecular formula is C25H21NO3S. The number of nitrogens with zero attached hydrogens (tertiary/aromatic N) is 1. The van der Waals surface area contributed by atoms with E-state index in [1.807, 2.05) is 55.5 Å². The lowest BCUT2D eigenvalue weighted by molar-refractivity contribution is 0.151. The standard InChI is InChI=1S/C25H21NO3S/c1-19-12-15-21(16-13-19)30(27,28)26-18-23(22-10-6-7-11-24(22)26)25(29-2)17-14-20-8-4-3-5-9-20/h3-13,15-16,18,25H,1-2H3. The number of benzene rings is 3. The Balaban J connectivity index is 1.85. The van der Waals surface area contributed by atoms with Crippen LogP contribution in [-0.4, -0.2) is 19.5 Å². The van der Waals surface area contributed by atoms with Crippen molar-refractivity contribution in [2.24, 2.45) is 0 Å². The number of aromatic nitrogens is 1. The van der Waals surface area contributed by atoms with Crippen molar-refractivity contribution in [3.8, 4) is 11.8 Å². The molecule has 0 bridgehead atoms. The first-order valence-electron chi connectivity index (χ1n) is 9.52. The van der Waals surface area contributed by atoms with Crippen LogP contribution in [0.1, 0.15) is 22.8 Å². The summed E-state index contributed by atoms with van der Waals surface area (Å²) in [6.07, 6.45) is 1.05. The Hall–Kier alpha value is -3.33. The zero-order valence-electron chi connectivity index (χ0n) is 16.7. The normalized spacial score (nSPS) is 12.3. The largest absolute Gasteiger partial charge is 0.364 e. The van der Waals surface area contributed by atoms with Crippen molar-refractivity contribution in [2.45, 2.75) is 17.9 Å². The van der Waals surface area contributed by atoms with Gasteiger partial charge in [0.25, 0.3) is 10.0 Å². The summed E-state index contributed by atoms with van der Waals surface area (Å²) in [6, 6.07) is 23.9. The van der Waals surface area contributed by atoms with Crippen molar-refractivity contribution in [3.05, 3.63) is 102 Å².